The predicted molar refractivity (Wildman–Crippen MR) is 71.9 cm³/mol. The first-order chi connectivity index (χ1) is 8.38. The Kier molecular flexibility index (Phi) is 2.65. The van der Waals surface area contributed by atoms with E-state index in [1.165, 1.54) is 22.2 Å². The van der Waals surface area contributed by atoms with Gasteiger partial charge in [-0.15, -0.1) is 0 Å². The zero-order chi connectivity index (χ0) is 11.7. The highest BCUT2D eigenvalue weighted by atomic mass is 14.7. The second-order valence-electron chi connectivity index (χ2n) is 4.49. The van der Waals surface area contributed by atoms with Crippen LogP contribution in [0.5, 0.6) is 0 Å². The van der Waals surface area contributed by atoms with E-state index in [0.29, 0.717) is 6.54 Å². The Balaban J connectivity index is 2.23. The molecule has 0 spiro atoms. The molecule has 17 heavy (non-hydrogen) atoms. The third-order valence-corrected chi connectivity index (χ3v) is 3.32. The van der Waals surface area contributed by atoms with Gasteiger partial charge in [-0.2, -0.15) is 0 Å². The van der Waals surface area contributed by atoms with E-state index in [4.69, 9.17) is 10.7 Å². The Hall–Kier alpha value is -1.67. The largest absolute Gasteiger partial charge is 0.330 e. The van der Waals surface area contributed by atoms with Crippen LogP contribution in [0.4, 0.5) is 0 Å². The first kappa shape index (κ1) is 10.5. The van der Waals surface area contributed by atoms with Gasteiger partial charge in [0, 0.05) is 11.1 Å². The zero-order valence-corrected chi connectivity index (χ0v) is 9.82. The maximum Gasteiger partial charge on any atom is 0.0708 e. The number of hydrogen-bond acceptors (Lipinski definition) is 2. The van der Waals surface area contributed by atoms with Crippen molar-refractivity contribution in [3.63, 3.8) is 0 Å². The molecule has 3 rings (SSSR count). The van der Waals surface area contributed by atoms with Gasteiger partial charge in [-0.05, 0) is 49.1 Å². The van der Waals surface area contributed by atoms with Crippen LogP contribution >= 0.6 is 0 Å². The Bertz CT molecular complexity index is 585. The Morgan fingerprint density at radius 1 is 1.29 bits per heavy atom. The maximum absolute atomic E-state index is 5.65. The number of hydrogen-bond donors (Lipinski definition) is 1. The van der Waals surface area contributed by atoms with Crippen LogP contribution in [0.1, 0.15) is 23.2 Å². The molecule has 1 aliphatic rings. The van der Waals surface area contributed by atoms with Crippen LogP contribution in [0.2, 0.25) is 0 Å². The second kappa shape index (κ2) is 4.30. The Morgan fingerprint density at radius 2 is 2.24 bits per heavy atom. The highest BCUT2D eigenvalue weighted by Crippen LogP contribution is 2.25. The number of rotatable bonds is 2. The van der Waals surface area contributed by atoms with Gasteiger partial charge in [0.25, 0.3) is 0 Å². The van der Waals surface area contributed by atoms with E-state index in [1.54, 1.807) is 0 Å². The molecule has 0 saturated carbocycles. The molecule has 0 unspecified atom stereocenters. The molecule has 1 heterocycles. The number of allylic oxidation sites excluding steroid dienone is 1. The minimum atomic E-state index is 0.687. The van der Waals surface area contributed by atoms with Gasteiger partial charge in [0.1, 0.15) is 0 Å². The van der Waals surface area contributed by atoms with Gasteiger partial charge in [0.2, 0.25) is 0 Å². The van der Waals surface area contributed by atoms with Crippen LogP contribution in [-0.4, -0.2) is 11.5 Å². The summed E-state index contributed by atoms with van der Waals surface area (Å²) in [6.45, 7) is 0.687. The lowest BCUT2D eigenvalue weighted by Crippen LogP contribution is -2.04. The van der Waals surface area contributed by atoms with Crippen molar-refractivity contribution in [1.82, 2.24) is 4.98 Å². The molecule has 0 fully saturated rings. The first-order valence-electron chi connectivity index (χ1n) is 6.16. The number of aryl methyl sites for hydroxylation is 1. The molecular formula is C15H16N2. The molecule has 0 bridgehead atoms. The van der Waals surface area contributed by atoms with Gasteiger partial charge >= 0.3 is 0 Å². The van der Waals surface area contributed by atoms with E-state index < -0.39 is 0 Å². The van der Waals surface area contributed by atoms with Crippen LogP contribution < -0.4 is 5.73 Å². The fourth-order valence-corrected chi connectivity index (χ4v) is 2.46. The third kappa shape index (κ3) is 1.85. The average molecular weight is 224 g/mol. The quantitative estimate of drug-likeness (QED) is 0.851. The van der Waals surface area contributed by atoms with E-state index in [-0.39, 0.29) is 0 Å². The molecule has 2 aromatic rings. The summed E-state index contributed by atoms with van der Waals surface area (Å²) in [6, 6.07) is 8.58. The minimum Gasteiger partial charge on any atom is -0.330 e. The van der Waals surface area contributed by atoms with E-state index >= 15 is 0 Å². The molecular weight excluding hydrogens is 208 g/mol. The molecule has 0 saturated heterocycles. The standard InChI is InChI=1S/C15H16N2/c16-9-8-11-5-3-7-15-13(11)10-12-4-1-2-6-14(12)17-15/h1,3-5,7,10H,2,6,8-9,16H2. The summed E-state index contributed by atoms with van der Waals surface area (Å²) < 4.78 is 0. The molecule has 2 N–H and O–H groups in total. The summed E-state index contributed by atoms with van der Waals surface area (Å²) in [5, 5.41) is 1.25. The fourth-order valence-electron chi connectivity index (χ4n) is 2.46. The van der Waals surface area contributed by atoms with Crippen molar-refractivity contribution in [3.8, 4) is 0 Å². The first-order valence-corrected chi connectivity index (χ1v) is 6.16. The number of benzene rings is 1. The lowest BCUT2D eigenvalue weighted by atomic mass is 9.98. The molecule has 2 nitrogen and oxygen atoms in total. The van der Waals surface area contributed by atoms with Crippen molar-refractivity contribution in [2.24, 2.45) is 5.73 Å². The van der Waals surface area contributed by atoms with Gasteiger partial charge in [-0.3, -0.25) is 4.98 Å². The smallest absolute Gasteiger partial charge is 0.0708 e. The number of aromatic nitrogens is 1. The maximum atomic E-state index is 5.65. The molecule has 0 radical (unpaired) electrons. The van der Waals surface area contributed by atoms with Crippen molar-refractivity contribution >= 4 is 17.0 Å². The van der Waals surface area contributed by atoms with Crippen LogP contribution in [0.25, 0.3) is 17.0 Å². The van der Waals surface area contributed by atoms with E-state index in [1.807, 2.05) is 0 Å². The average Bonchev–Trinajstić information content (AvgIpc) is 2.37. The Morgan fingerprint density at radius 3 is 3.12 bits per heavy atom. The van der Waals surface area contributed by atoms with Crippen LogP contribution in [-0.2, 0) is 12.8 Å². The van der Waals surface area contributed by atoms with Crippen LogP contribution in [0, 0.1) is 0 Å². The van der Waals surface area contributed by atoms with E-state index in [9.17, 15) is 0 Å². The monoisotopic (exact) mass is 224 g/mol. The number of pyridine rings is 1. The van der Waals surface area contributed by atoms with Crippen molar-refractivity contribution in [1.29, 1.82) is 0 Å². The highest BCUT2D eigenvalue weighted by molar-refractivity contribution is 5.85. The van der Waals surface area contributed by atoms with Crippen molar-refractivity contribution in [3.05, 3.63) is 47.2 Å². The van der Waals surface area contributed by atoms with Crippen LogP contribution in [0.3, 0.4) is 0 Å². The van der Waals surface area contributed by atoms with Crippen molar-refractivity contribution in [2.45, 2.75) is 19.3 Å². The van der Waals surface area contributed by atoms with Crippen LogP contribution in [0.15, 0.2) is 30.3 Å². The lowest BCUT2D eigenvalue weighted by molar-refractivity contribution is 0.936. The lowest BCUT2D eigenvalue weighted by Gasteiger charge is -2.12. The molecule has 0 amide bonds. The predicted octanol–water partition coefficient (Wildman–Crippen LogP) is 2.70. The topological polar surface area (TPSA) is 38.9 Å². The Labute approximate surface area is 101 Å². The summed E-state index contributed by atoms with van der Waals surface area (Å²) >= 11 is 0. The van der Waals surface area contributed by atoms with Gasteiger partial charge < -0.3 is 5.73 Å². The summed E-state index contributed by atoms with van der Waals surface area (Å²) in [7, 11) is 0. The fraction of sp³-hybridized carbons (Fsp3) is 0.267. The number of fused-ring (bicyclic) bond motifs is 2. The normalized spacial score (nSPS) is 13.9. The summed E-state index contributed by atoms with van der Waals surface area (Å²) in [5.41, 5.74) is 10.6. The molecule has 1 aliphatic carbocycles. The molecule has 86 valence electrons. The highest BCUT2D eigenvalue weighted by Gasteiger charge is 2.09. The minimum absolute atomic E-state index is 0.687. The molecule has 0 atom stereocenters. The van der Waals surface area contributed by atoms with Gasteiger partial charge in [-0.25, -0.2) is 0 Å². The third-order valence-electron chi connectivity index (χ3n) is 3.32. The molecule has 2 heteroatoms. The SMILES string of the molecule is NCCc1cccc2nc3c(cc12)C=CCC3. The van der Waals surface area contributed by atoms with Crippen molar-refractivity contribution < 1.29 is 0 Å². The molecule has 0 aliphatic heterocycles. The van der Waals surface area contributed by atoms with E-state index in [0.717, 1.165) is 24.8 Å². The molecule has 1 aromatic heterocycles. The summed E-state index contributed by atoms with van der Waals surface area (Å²) in [5.74, 6) is 0. The van der Waals surface area contributed by atoms with Gasteiger partial charge in [0.15, 0.2) is 0 Å². The van der Waals surface area contributed by atoms with E-state index in [2.05, 4.69) is 36.4 Å². The number of nitrogens with zero attached hydrogens (tertiary/aromatic N) is 1. The zero-order valence-electron chi connectivity index (χ0n) is 9.82. The van der Waals surface area contributed by atoms with Crippen molar-refractivity contribution in [2.75, 3.05) is 6.54 Å². The van der Waals surface area contributed by atoms with Gasteiger partial charge in [-0.1, -0.05) is 24.3 Å². The second-order valence-corrected chi connectivity index (χ2v) is 4.49. The number of nitrogens with two attached hydrogens (primary N) is 1. The molecule has 1 aromatic carbocycles. The summed E-state index contributed by atoms with van der Waals surface area (Å²) in [4.78, 5) is 4.77. The van der Waals surface area contributed by atoms with Gasteiger partial charge in [0.05, 0.1) is 5.52 Å². The summed E-state index contributed by atoms with van der Waals surface area (Å²) in [6.07, 6.45) is 7.49.